The predicted octanol–water partition coefficient (Wildman–Crippen LogP) is 1.19. The van der Waals surface area contributed by atoms with E-state index in [0.717, 1.165) is 0 Å². The molecule has 0 fully saturated rings. The van der Waals surface area contributed by atoms with Crippen LogP contribution in [0.5, 0.6) is 0 Å². The number of aliphatic hydroxyl groups is 1. The van der Waals surface area contributed by atoms with Crippen molar-refractivity contribution in [3.05, 3.63) is 35.6 Å². The number of hydrogen-bond acceptors (Lipinski definition) is 3. The molecule has 18 heavy (non-hydrogen) atoms. The molecule has 1 atom stereocenters. The molecule has 0 spiro atoms. The number of methoxy groups -OCH3 is 1. The summed E-state index contributed by atoms with van der Waals surface area (Å²) in [5, 5.41) is 12.8. The zero-order chi connectivity index (χ0) is 13.6. The number of amides is 1. The molecule has 100 valence electrons. The number of nitrogens with one attached hydrogen (secondary N) is 1. The molecule has 0 bridgehead atoms. The summed E-state index contributed by atoms with van der Waals surface area (Å²) in [6, 6.07) is 5.54. The third kappa shape index (κ3) is 4.43. The number of hydrogen-bond donors (Lipinski definition) is 2. The zero-order valence-electron chi connectivity index (χ0n) is 10.6. The molecule has 0 aliphatic heterocycles. The van der Waals surface area contributed by atoms with Crippen LogP contribution in [0.3, 0.4) is 0 Å². The third-order valence-corrected chi connectivity index (χ3v) is 2.63. The molecule has 0 radical (unpaired) electrons. The van der Waals surface area contributed by atoms with Crippen molar-refractivity contribution in [2.45, 2.75) is 18.9 Å². The lowest BCUT2D eigenvalue weighted by atomic mass is 9.96. The number of ether oxygens (including phenoxy) is 1. The smallest absolute Gasteiger partial charge is 0.222 e. The molecule has 0 aliphatic rings. The van der Waals surface area contributed by atoms with Gasteiger partial charge < -0.3 is 15.2 Å². The summed E-state index contributed by atoms with van der Waals surface area (Å²) in [5.41, 5.74) is -0.674. The minimum atomic E-state index is -1.23. The van der Waals surface area contributed by atoms with Gasteiger partial charge in [-0.3, -0.25) is 4.79 Å². The largest absolute Gasteiger partial charge is 0.384 e. The first-order valence-electron chi connectivity index (χ1n) is 5.70. The molecule has 1 aromatic rings. The van der Waals surface area contributed by atoms with E-state index < -0.39 is 5.60 Å². The van der Waals surface area contributed by atoms with E-state index in [1.54, 1.807) is 6.92 Å². The second kappa shape index (κ2) is 6.47. The molecule has 4 nitrogen and oxygen atoms in total. The van der Waals surface area contributed by atoms with E-state index in [2.05, 4.69) is 5.32 Å². The third-order valence-electron chi connectivity index (χ3n) is 2.63. The van der Waals surface area contributed by atoms with E-state index >= 15 is 0 Å². The number of carbonyl (C=O) groups excluding carboxylic acids is 1. The van der Waals surface area contributed by atoms with Gasteiger partial charge in [0.05, 0.1) is 13.2 Å². The van der Waals surface area contributed by atoms with E-state index in [9.17, 15) is 14.3 Å². The minimum Gasteiger partial charge on any atom is -0.384 e. The highest BCUT2D eigenvalue weighted by molar-refractivity contribution is 5.76. The van der Waals surface area contributed by atoms with E-state index in [0.29, 0.717) is 12.2 Å². The van der Waals surface area contributed by atoms with Crippen molar-refractivity contribution in [3.63, 3.8) is 0 Å². The molecular weight excluding hydrogens is 237 g/mol. The Morgan fingerprint density at radius 1 is 1.44 bits per heavy atom. The number of benzene rings is 1. The van der Waals surface area contributed by atoms with E-state index in [1.165, 1.54) is 31.4 Å². The Hall–Kier alpha value is -1.46. The molecule has 1 unspecified atom stereocenters. The molecule has 1 rings (SSSR count). The van der Waals surface area contributed by atoms with Gasteiger partial charge in [0, 0.05) is 13.5 Å². The lowest BCUT2D eigenvalue weighted by Crippen LogP contribution is -2.38. The molecule has 5 heteroatoms. The van der Waals surface area contributed by atoms with Crippen molar-refractivity contribution in [1.29, 1.82) is 0 Å². The monoisotopic (exact) mass is 255 g/mol. The second-order valence-electron chi connectivity index (χ2n) is 4.30. The van der Waals surface area contributed by atoms with E-state index in [1.807, 2.05) is 0 Å². The summed E-state index contributed by atoms with van der Waals surface area (Å²) in [7, 11) is 1.52. The van der Waals surface area contributed by atoms with Crippen LogP contribution >= 0.6 is 0 Å². The van der Waals surface area contributed by atoms with Gasteiger partial charge in [0.2, 0.25) is 5.91 Å². The average molecular weight is 255 g/mol. The molecular formula is C13H18FNO3. The van der Waals surface area contributed by atoms with Crippen LogP contribution in [0.1, 0.15) is 18.9 Å². The maximum absolute atomic E-state index is 12.8. The van der Waals surface area contributed by atoms with Gasteiger partial charge in [-0.2, -0.15) is 0 Å². The van der Waals surface area contributed by atoms with Gasteiger partial charge in [-0.1, -0.05) is 12.1 Å². The van der Waals surface area contributed by atoms with Gasteiger partial charge in [-0.25, -0.2) is 4.39 Å². The maximum atomic E-state index is 12.8. The van der Waals surface area contributed by atoms with Gasteiger partial charge in [-0.05, 0) is 24.6 Å². The van der Waals surface area contributed by atoms with Crippen molar-refractivity contribution >= 4 is 5.91 Å². The summed E-state index contributed by atoms with van der Waals surface area (Å²) >= 11 is 0. The van der Waals surface area contributed by atoms with Crippen LogP contribution in [0.4, 0.5) is 4.39 Å². The topological polar surface area (TPSA) is 58.6 Å². The van der Waals surface area contributed by atoms with Crippen molar-refractivity contribution in [1.82, 2.24) is 5.32 Å². The van der Waals surface area contributed by atoms with Crippen LogP contribution in [0.15, 0.2) is 24.3 Å². The number of rotatable bonds is 6. The molecule has 0 saturated carbocycles. The standard InChI is InChI=1S/C13H18FNO3/c1-13(17,9-15-12(16)7-8-18-2)10-3-5-11(14)6-4-10/h3-6,17H,7-9H2,1-2H3,(H,15,16). The van der Waals surface area contributed by atoms with E-state index in [4.69, 9.17) is 4.74 Å². The Bertz CT molecular complexity index is 390. The van der Waals surface area contributed by atoms with Crippen LogP contribution in [-0.2, 0) is 15.1 Å². The Labute approximate surface area is 106 Å². The zero-order valence-corrected chi connectivity index (χ0v) is 10.6. The number of carbonyl (C=O) groups is 1. The van der Waals surface area contributed by atoms with Crippen molar-refractivity contribution in [2.24, 2.45) is 0 Å². The van der Waals surface area contributed by atoms with Gasteiger partial charge in [0.15, 0.2) is 0 Å². The quantitative estimate of drug-likeness (QED) is 0.802. The minimum absolute atomic E-state index is 0.0706. The van der Waals surface area contributed by atoms with Crippen LogP contribution < -0.4 is 5.32 Å². The lowest BCUT2D eigenvalue weighted by molar-refractivity contribution is -0.123. The summed E-state index contributed by atoms with van der Waals surface area (Å²) < 4.78 is 17.5. The SMILES string of the molecule is COCCC(=O)NCC(C)(O)c1ccc(F)cc1. The average Bonchev–Trinajstić information content (AvgIpc) is 2.34. The van der Waals surface area contributed by atoms with Crippen molar-refractivity contribution < 1.29 is 19.0 Å². The Morgan fingerprint density at radius 3 is 2.61 bits per heavy atom. The fourth-order valence-electron chi connectivity index (χ4n) is 1.46. The fraction of sp³-hybridized carbons (Fsp3) is 0.462. The molecule has 1 aromatic carbocycles. The van der Waals surface area contributed by atoms with Crippen LogP contribution in [0.25, 0.3) is 0 Å². The molecule has 0 aliphatic carbocycles. The predicted molar refractivity (Wildman–Crippen MR) is 65.5 cm³/mol. The Balaban J connectivity index is 2.54. The van der Waals surface area contributed by atoms with Gasteiger partial charge in [-0.15, -0.1) is 0 Å². The normalized spacial score (nSPS) is 14.0. The first kappa shape index (κ1) is 14.6. The fourth-order valence-corrected chi connectivity index (χ4v) is 1.46. The molecule has 0 aromatic heterocycles. The van der Waals surface area contributed by atoms with Crippen LogP contribution in [-0.4, -0.2) is 31.3 Å². The van der Waals surface area contributed by atoms with E-state index in [-0.39, 0.29) is 24.7 Å². The highest BCUT2D eigenvalue weighted by Gasteiger charge is 2.23. The molecule has 1 amide bonds. The maximum Gasteiger partial charge on any atom is 0.222 e. The lowest BCUT2D eigenvalue weighted by Gasteiger charge is -2.24. The molecule has 2 N–H and O–H groups in total. The first-order valence-corrected chi connectivity index (χ1v) is 5.70. The van der Waals surface area contributed by atoms with Crippen LogP contribution in [0.2, 0.25) is 0 Å². The highest BCUT2D eigenvalue weighted by atomic mass is 19.1. The van der Waals surface area contributed by atoms with Crippen molar-refractivity contribution in [2.75, 3.05) is 20.3 Å². The van der Waals surface area contributed by atoms with Gasteiger partial charge in [0.25, 0.3) is 0 Å². The molecule has 0 saturated heterocycles. The second-order valence-corrected chi connectivity index (χ2v) is 4.30. The Kier molecular flexibility index (Phi) is 5.25. The van der Waals surface area contributed by atoms with Crippen molar-refractivity contribution in [3.8, 4) is 0 Å². The van der Waals surface area contributed by atoms with Crippen LogP contribution in [0, 0.1) is 5.82 Å². The van der Waals surface area contributed by atoms with Gasteiger partial charge >= 0.3 is 0 Å². The summed E-state index contributed by atoms with van der Waals surface area (Å²) in [4.78, 5) is 11.4. The number of halogens is 1. The first-order chi connectivity index (χ1) is 8.45. The summed E-state index contributed by atoms with van der Waals surface area (Å²) in [6.07, 6.45) is 0.246. The summed E-state index contributed by atoms with van der Waals surface area (Å²) in [5.74, 6) is -0.557. The Morgan fingerprint density at radius 2 is 2.06 bits per heavy atom. The summed E-state index contributed by atoms with van der Waals surface area (Å²) in [6.45, 7) is 1.97. The highest BCUT2D eigenvalue weighted by Crippen LogP contribution is 2.19. The molecule has 0 heterocycles. The van der Waals surface area contributed by atoms with Gasteiger partial charge in [0.1, 0.15) is 11.4 Å².